The van der Waals surface area contributed by atoms with Gasteiger partial charge in [0.15, 0.2) is 0 Å². The van der Waals surface area contributed by atoms with Gasteiger partial charge in [-0.15, -0.1) is 0 Å². The molecule has 0 atom stereocenters. The molecule has 3 heteroatoms. The smallest absolute Gasteiger partial charge is 0.220 e. The van der Waals surface area contributed by atoms with Gasteiger partial charge in [0.1, 0.15) is 11.3 Å². The zero-order valence-electron chi connectivity index (χ0n) is 10.2. The van der Waals surface area contributed by atoms with Gasteiger partial charge in [-0.05, 0) is 18.1 Å². The number of para-hydroxylation sites is 1. The van der Waals surface area contributed by atoms with Crippen LogP contribution in [-0.4, -0.2) is 5.91 Å². The maximum absolute atomic E-state index is 11.5. The molecule has 2 aromatic rings. The van der Waals surface area contributed by atoms with E-state index in [1.807, 2.05) is 44.2 Å². The Morgan fingerprint density at radius 1 is 1.35 bits per heavy atom. The highest BCUT2D eigenvalue weighted by molar-refractivity contribution is 5.78. The minimum Gasteiger partial charge on any atom is -0.459 e. The Morgan fingerprint density at radius 3 is 2.82 bits per heavy atom. The van der Waals surface area contributed by atoms with Crippen molar-refractivity contribution >= 4 is 16.9 Å². The number of hydrogen-bond acceptors (Lipinski definition) is 2. The number of nitrogens with one attached hydrogen (secondary N) is 1. The third kappa shape index (κ3) is 3.09. The predicted molar refractivity (Wildman–Crippen MR) is 67.5 cm³/mol. The van der Waals surface area contributed by atoms with E-state index in [0.29, 0.717) is 18.9 Å². The fourth-order valence-electron chi connectivity index (χ4n) is 1.75. The van der Waals surface area contributed by atoms with Crippen LogP contribution in [0.4, 0.5) is 0 Å². The molecule has 17 heavy (non-hydrogen) atoms. The van der Waals surface area contributed by atoms with E-state index >= 15 is 0 Å². The van der Waals surface area contributed by atoms with Crippen LogP contribution in [-0.2, 0) is 11.3 Å². The Hall–Kier alpha value is -1.77. The fraction of sp³-hybridized carbons (Fsp3) is 0.357. The summed E-state index contributed by atoms with van der Waals surface area (Å²) >= 11 is 0. The van der Waals surface area contributed by atoms with Gasteiger partial charge < -0.3 is 9.73 Å². The highest BCUT2D eigenvalue weighted by Crippen LogP contribution is 2.18. The first-order valence-electron chi connectivity index (χ1n) is 5.89. The van der Waals surface area contributed by atoms with Crippen LogP contribution in [0.2, 0.25) is 0 Å². The third-order valence-electron chi connectivity index (χ3n) is 2.53. The molecule has 1 aromatic heterocycles. The van der Waals surface area contributed by atoms with Gasteiger partial charge in [0.25, 0.3) is 0 Å². The third-order valence-corrected chi connectivity index (χ3v) is 2.53. The van der Waals surface area contributed by atoms with Gasteiger partial charge in [0.05, 0.1) is 6.54 Å². The summed E-state index contributed by atoms with van der Waals surface area (Å²) in [5.41, 5.74) is 0.862. The van der Waals surface area contributed by atoms with Gasteiger partial charge in [0.2, 0.25) is 5.91 Å². The molecule has 0 radical (unpaired) electrons. The molecule has 3 nitrogen and oxygen atoms in total. The van der Waals surface area contributed by atoms with Crippen LogP contribution in [0.3, 0.4) is 0 Å². The SMILES string of the molecule is CC(C)CC(=O)NCc1cc2ccccc2o1. The molecule has 1 N–H and O–H groups in total. The molecule has 0 saturated carbocycles. The minimum absolute atomic E-state index is 0.0699. The van der Waals surface area contributed by atoms with Crippen LogP contribution < -0.4 is 5.32 Å². The number of rotatable bonds is 4. The van der Waals surface area contributed by atoms with E-state index in [0.717, 1.165) is 16.7 Å². The van der Waals surface area contributed by atoms with E-state index in [1.54, 1.807) is 0 Å². The van der Waals surface area contributed by atoms with Crippen molar-refractivity contribution in [2.24, 2.45) is 5.92 Å². The topological polar surface area (TPSA) is 42.2 Å². The largest absolute Gasteiger partial charge is 0.459 e. The Morgan fingerprint density at radius 2 is 2.12 bits per heavy atom. The predicted octanol–water partition coefficient (Wildman–Crippen LogP) is 3.10. The monoisotopic (exact) mass is 231 g/mol. The van der Waals surface area contributed by atoms with Crippen LogP contribution in [0.5, 0.6) is 0 Å². The fourth-order valence-corrected chi connectivity index (χ4v) is 1.75. The van der Waals surface area contributed by atoms with Crippen molar-refractivity contribution in [3.05, 3.63) is 36.1 Å². The summed E-state index contributed by atoms with van der Waals surface area (Å²) in [5, 5.41) is 3.93. The van der Waals surface area contributed by atoms with Crippen molar-refractivity contribution in [3.8, 4) is 0 Å². The van der Waals surface area contributed by atoms with Gasteiger partial charge in [-0.1, -0.05) is 32.0 Å². The first-order valence-corrected chi connectivity index (χ1v) is 5.89. The number of furan rings is 1. The lowest BCUT2D eigenvalue weighted by atomic mass is 10.1. The number of carbonyl (C=O) groups is 1. The van der Waals surface area contributed by atoms with Crippen LogP contribution >= 0.6 is 0 Å². The van der Waals surface area contributed by atoms with Crippen molar-refractivity contribution in [2.75, 3.05) is 0 Å². The molecule has 1 aromatic carbocycles. The average Bonchev–Trinajstić information content (AvgIpc) is 2.68. The standard InChI is InChI=1S/C14H17NO2/c1-10(2)7-14(16)15-9-12-8-11-5-3-4-6-13(11)17-12/h3-6,8,10H,7,9H2,1-2H3,(H,15,16). The summed E-state index contributed by atoms with van der Waals surface area (Å²) in [5.74, 6) is 1.24. The molecule has 0 fully saturated rings. The number of amides is 1. The van der Waals surface area contributed by atoms with E-state index in [1.165, 1.54) is 0 Å². The second kappa shape index (κ2) is 5.04. The summed E-state index contributed by atoms with van der Waals surface area (Å²) in [6, 6.07) is 9.80. The maximum atomic E-state index is 11.5. The second-order valence-corrected chi connectivity index (χ2v) is 4.63. The van der Waals surface area contributed by atoms with Gasteiger partial charge >= 0.3 is 0 Å². The van der Waals surface area contributed by atoms with Gasteiger partial charge in [-0.2, -0.15) is 0 Å². The van der Waals surface area contributed by atoms with E-state index in [2.05, 4.69) is 5.32 Å². The van der Waals surface area contributed by atoms with E-state index in [9.17, 15) is 4.79 Å². The summed E-state index contributed by atoms with van der Waals surface area (Å²) in [6.07, 6.45) is 0.556. The Labute approximate surface area is 101 Å². The molecule has 0 unspecified atom stereocenters. The molecule has 2 rings (SSSR count). The number of benzene rings is 1. The van der Waals surface area contributed by atoms with Crippen LogP contribution in [0.15, 0.2) is 34.7 Å². The van der Waals surface area contributed by atoms with E-state index in [4.69, 9.17) is 4.42 Å². The number of carbonyl (C=O) groups excluding carboxylic acids is 1. The summed E-state index contributed by atoms with van der Waals surface area (Å²) < 4.78 is 5.61. The van der Waals surface area contributed by atoms with Gasteiger partial charge in [-0.3, -0.25) is 4.79 Å². The quantitative estimate of drug-likeness (QED) is 0.878. The summed E-state index contributed by atoms with van der Waals surface area (Å²) in [6.45, 7) is 4.52. The summed E-state index contributed by atoms with van der Waals surface area (Å²) in [4.78, 5) is 11.5. The van der Waals surface area contributed by atoms with Gasteiger partial charge in [0, 0.05) is 11.8 Å². The molecular weight excluding hydrogens is 214 g/mol. The summed E-state index contributed by atoms with van der Waals surface area (Å²) in [7, 11) is 0. The lowest BCUT2D eigenvalue weighted by Crippen LogP contribution is -2.23. The lowest BCUT2D eigenvalue weighted by molar-refractivity contribution is -0.122. The molecule has 0 aliphatic heterocycles. The highest BCUT2D eigenvalue weighted by atomic mass is 16.3. The zero-order chi connectivity index (χ0) is 12.3. The molecule has 0 spiro atoms. The molecular formula is C14H17NO2. The molecule has 0 aliphatic carbocycles. The zero-order valence-corrected chi connectivity index (χ0v) is 10.2. The van der Waals surface area contributed by atoms with Gasteiger partial charge in [-0.25, -0.2) is 0 Å². The molecule has 0 bridgehead atoms. The normalized spacial score (nSPS) is 11.0. The first-order chi connectivity index (χ1) is 8.15. The van der Waals surface area contributed by atoms with Crippen LogP contribution in [0.1, 0.15) is 26.0 Å². The number of hydrogen-bond donors (Lipinski definition) is 1. The van der Waals surface area contributed by atoms with E-state index < -0.39 is 0 Å². The maximum Gasteiger partial charge on any atom is 0.220 e. The minimum atomic E-state index is 0.0699. The van der Waals surface area contributed by atoms with Crippen LogP contribution in [0, 0.1) is 5.92 Å². The lowest BCUT2D eigenvalue weighted by Gasteiger charge is -2.04. The average molecular weight is 231 g/mol. The highest BCUT2D eigenvalue weighted by Gasteiger charge is 2.07. The van der Waals surface area contributed by atoms with Crippen molar-refractivity contribution in [2.45, 2.75) is 26.8 Å². The Bertz CT molecular complexity index is 481. The van der Waals surface area contributed by atoms with E-state index in [-0.39, 0.29) is 5.91 Å². The second-order valence-electron chi connectivity index (χ2n) is 4.63. The molecule has 90 valence electrons. The Balaban J connectivity index is 1.97. The van der Waals surface area contributed by atoms with Crippen molar-refractivity contribution in [1.29, 1.82) is 0 Å². The Kier molecular flexibility index (Phi) is 3.47. The van der Waals surface area contributed by atoms with Crippen LogP contribution in [0.25, 0.3) is 11.0 Å². The first kappa shape index (κ1) is 11.7. The molecule has 1 heterocycles. The van der Waals surface area contributed by atoms with Crippen molar-refractivity contribution < 1.29 is 9.21 Å². The molecule has 0 aliphatic rings. The number of fused-ring (bicyclic) bond motifs is 1. The van der Waals surface area contributed by atoms with Crippen molar-refractivity contribution in [3.63, 3.8) is 0 Å². The molecule has 1 amide bonds. The van der Waals surface area contributed by atoms with Crippen molar-refractivity contribution in [1.82, 2.24) is 5.32 Å². The molecule has 0 saturated heterocycles.